The van der Waals surface area contributed by atoms with E-state index in [1.54, 1.807) is 10.6 Å². The number of carbonyl (C=O) groups is 2. The molecule has 1 atom stereocenters. The summed E-state index contributed by atoms with van der Waals surface area (Å²) in [5.74, 6) is -0.633. The number of pyridine rings is 1. The summed E-state index contributed by atoms with van der Waals surface area (Å²) >= 11 is 1.49. The molecule has 2 N–H and O–H groups in total. The third kappa shape index (κ3) is 2.98. The number of Topliss-reactive ketones (excluding diaryl/α,β-unsaturated/α-hetero) is 1. The second kappa shape index (κ2) is 6.71. The molecule has 0 saturated heterocycles. The lowest BCUT2D eigenvalue weighted by Gasteiger charge is -2.22. The van der Waals surface area contributed by atoms with E-state index in [0.717, 1.165) is 26.2 Å². The molecule has 0 aromatic carbocycles. The summed E-state index contributed by atoms with van der Waals surface area (Å²) in [5.41, 5.74) is 1.82. The van der Waals surface area contributed by atoms with Crippen molar-refractivity contribution in [1.82, 2.24) is 14.5 Å². The molecule has 0 bridgehead atoms. The fraction of sp³-hybridized carbons (Fsp3) is 0.409. The number of ketones is 1. The molecule has 3 aromatic heterocycles. The van der Waals surface area contributed by atoms with Gasteiger partial charge in [-0.3, -0.25) is 19.0 Å². The number of nitrogens with one attached hydrogen (secondary N) is 1. The molecule has 9 heteroatoms. The average Bonchev–Trinajstić information content (AvgIpc) is 3.19. The molecule has 5 rings (SSSR count). The smallest absolute Gasteiger partial charge is 0.306 e. The molecular weight excluding hydrogens is 416 g/mol. The van der Waals surface area contributed by atoms with Crippen molar-refractivity contribution in [3.8, 4) is 0 Å². The molecule has 0 amide bonds. The second-order valence-electron chi connectivity index (χ2n) is 8.95. The molecule has 1 aliphatic heterocycles. The molecule has 0 fully saturated rings. The fourth-order valence-corrected chi connectivity index (χ4v) is 6.12. The topological polar surface area (TPSA) is 114 Å². The Labute approximate surface area is 182 Å². The normalized spacial score (nSPS) is 19.3. The Morgan fingerprint density at radius 1 is 1.32 bits per heavy atom. The highest BCUT2D eigenvalue weighted by Gasteiger charge is 2.38. The Morgan fingerprint density at radius 3 is 2.84 bits per heavy atom. The van der Waals surface area contributed by atoms with Gasteiger partial charge in [0.1, 0.15) is 22.7 Å². The van der Waals surface area contributed by atoms with Crippen molar-refractivity contribution in [2.75, 3.05) is 5.32 Å². The molecule has 0 unspecified atom stereocenters. The van der Waals surface area contributed by atoms with Gasteiger partial charge in [-0.05, 0) is 57.2 Å². The van der Waals surface area contributed by atoms with Crippen LogP contribution in [0.25, 0.3) is 10.2 Å². The van der Waals surface area contributed by atoms with Gasteiger partial charge in [-0.2, -0.15) is 0 Å². The van der Waals surface area contributed by atoms with Gasteiger partial charge >= 0.3 is 5.97 Å². The maximum Gasteiger partial charge on any atom is 0.306 e. The van der Waals surface area contributed by atoms with Crippen LogP contribution in [0.5, 0.6) is 0 Å². The number of rotatable bonds is 3. The Hall–Kier alpha value is -3.07. The molecular formula is C22H22N4O4S. The maximum atomic E-state index is 13.3. The molecule has 3 aromatic rings. The van der Waals surface area contributed by atoms with Crippen LogP contribution in [-0.2, 0) is 23.2 Å². The largest absolute Gasteiger partial charge is 0.481 e. The van der Waals surface area contributed by atoms with Gasteiger partial charge in [-0.1, -0.05) is 0 Å². The van der Waals surface area contributed by atoms with Crippen LogP contribution in [0.3, 0.4) is 0 Å². The van der Waals surface area contributed by atoms with Crippen LogP contribution in [0.2, 0.25) is 0 Å². The number of aliphatic carboxylic acids is 1. The number of anilines is 2. The highest BCUT2D eigenvalue weighted by atomic mass is 32.1. The number of carbonyl (C=O) groups excluding carboxylic acids is 1. The summed E-state index contributed by atoms with van der Waals surface area (Å²) in [6.45, 7) is 5.62. The van der Waals surface area contributed by atoms with Crippen molar-refractivity contribution < 1.29 is 14.7 Å². The maximum absolute atomic E-state index is 13.3. The number of carboxylic acid groups (broad SMARTS) is 1. The van der Waals surface area contributed by atoms with E-state index in [4.69, 9.17) is 0 Å². The average molecular weight is 439 g/mol. The highest BCUT2D eigenvalue weighted by molar-refractivity contribution is 7.19. The van der Waals surface area contributed by atoms with E-state index in [1.165, 1.54) is 17.7 Å². The zero-order valence-corrected chi connectivity index (χ0v) is 18.3. The molecule has 1 aliphatic carbocycles. The van der Waals surface area contributed by atoms with Crippen LogP contribution >= 0.6 is 11.3 Å². The minimum Gasteiger partial charge on any atom is -0.481 e. The number of carboxylic acids is 1. The number of thiophene rings is 1. The summed E-state index contributed by atoms with van der Waals surface area (Å²) in [6, 6.07) is 1.71. The van der Waals surface area contributed by atoms with E-state index < -0.39 is 11.5 Å². The van der Waals surface area contributed by atoms with Gasteiger partial charge in [-0.15, -0.1) is 11.3 Å². The third-order valence-corrected chi connectivity index (χ3v) is 7.46. The lowest BCUT2D eigenvalue weighted by Crippen LogP contribution is -2.34. The molecule has 160 valence electrons. The van der Waals surface area contributed by atoms with Gasteiger partial charge in [0.25, 0.3) is 5.56 Å². The summed E-state index contributed by atoms with van der Waals surface area (Å²) in [6.07, 6.45) is 3.44. The van der Waals surface area contributed by atoms with Crippen molar-refractivity contribution in [3.05, 3.63) is 44.4 Å². The lowest BCUT2D eigenvalue weighted by atomic mass is 9.88. The van der Waals surface area contributed by atoms with Crippen LogP contribution in [-0.4, -0.2) is 31.4 Å². The Balaban J connectivity index is 1.62. The van der Waals surface area contributed by atoms with Crippen molar-refractivity contribution in [3.63, 3.8) is 0 Å². The predicted octanol–water partition coefficient (Wildman–Crippen LogP) is 3.42. The quantitative estimate of drug-likeness (QED) is 0.644. The first kappa shape index (κ1) is 19.9. The van der Waals surface area contributed by atoms with Crippen molar-refractivity contribution in [1.29, 1.82) is 0 Å². The van der Waals surface area contributed by atoms with Crippen LogP contribution in [0.1, 0.15) is 53.2 Å². The SMILES string of the molecule is Cc1cc(Nc2ncnc3sc4c(c23)CC[C@H](C(=O)O)C4)c(=O)n2c1C(=O)CC2(C)C. The first-order valence-electron chi connectivity index (χ1n) is 10.2. The van der Waals surface area contributed by atoms with E-state index >= 15 is 0 Å². The Kier molecular flexibility index (Phi) is 4.30. The van der Waals surface area contributed by atoms with E-state index in [-0.39, 0.29) is 17.3 Å². The fourth-order valence-electron chi connectivity index (χ4n) is 4.86. The monoisotopic (exact) mass is 438 g/mol. The third-order valence-electron chi connectivity index (χ3n) is 6.30. The molecule has 0 spiro atoms. The van der Waals surface area contributed by atoms with Gasteiger partial charge in [0.05, 0.1) is 22.5 Å². The number of fused-ring (bicyclic) bond motifs is 4. The molecule has 0 saturated carbocycles. The standard InChI is InChI=1S/C22H22N4O4S/c1-10-6-13(20(28)26-17(10)14(27)8-22(26,2)3)25-18-16-12-5-4-11(21(29)30)7-15(12)31-19(16)24-9-23-18/h6,9,11H,4-5,7-8H2,1-3H3,(H,29,30)(H,23,24,25)/t11-/m0/s1. The van der Waals surface area contributed by atoms with Crippen molar-refractivity contribution in [2.24, 2.45) is 5.92 Å². The van der Waals surface area contributed by atoms with Gasteiger partial charge in [-0.25, -0.2) is 9.97 Å². The van der Waals surface area contributed by atoms with Crippen LogP contribution < -0.4 is 10.9 Å². The van der Waals surface area contributed by atoms with Crippen LogP contribution in [0.15, 0.2) is 17.2 Å². The summed E-state index contributed by atoms with van der Waals surface area (Å²) in [5, 5.41) is 13.4. The van der Waals surface area contributed by atoms with Crippen LogP contribution in [0, 0.1) is 12.8 Å². The summed E-state index contributed by atoms with van der Waals surface area (Å²) in [7, 11) is 0. The van der Waals surface area contributed by atoms with Gasteiger partial charge in [0, 0.05) is 11.3 Å². The molecule has 31 heavy (non-hydrogen) atoms. The zero-order valence-electron chi connectivity index (χ0n) is 17.5. The zero-order chi connectivity index (χ0) is 22.1. The first-order chi connectivity index (χ1) is 14.7. The highest BCUT2D eigenvalue weighted by Crippen LogP contribution is 2.40. The van der Waals surface area contributed by atoms with Crippen molar-refractivity contribution >= 4 is 44.8 Å². The lowest BCUT2D eigenvalue weighted by molar-refractivity contribution is -0.142. The minimum absolute atomic E-state index is 0.0181. The van der Waals surface area contributed by atoms with Gasteiger partial charge in [0.2, 0.25) is 0 Å². The summed E-state index contributed by atoms with van der Waals surface area (Å²) in [4.78, 5) is 47.8. The Bertz CT molecular complexity index is 1340. The number of nitrogens with zero attached hydrogens (tertiary/aromatic N) is 3. The number of hydrogen-bond acceptors (Lipinski definition) is 7. The number of aryl methyl sites for hydroxylation is 2. The van der Waals surface area contributed by atoms with Gasteiger partial charge < -0.3 is 10.4 Å². The van der Waals surface area contributed by atoms with E-state index in [0.29, 0.717) is 42.9 Å². The van der Waals surface area contributed by atoms with Crippen LogP contribution in [0.4, 0.5) is 11.5 Å². The second-order valence-corrected chi connectivity index (χ2v) is 10.0. The molecule has 0 radical (unpaired) electrons. The van der Waals surface area contributed by atoms with Gasteiger partial charge in [0.15, 0.2) is 5.78 Å². The molecule has 4 heterocycles. The number of hydrogen-bond donors (Lipinski definition) is 2. The summed E-state index contributed by atoms with van der Waals surface area (Å²) < 4.78 is 1.59. The van der Waals surface area contributed by atoms with E-state index in [2.05, 4.69) is 15.3 Å². The Morgan fingerprint density at radius 2 is 2.10 bits per heavy atom. The van der Waals surface area contributed by atoms with E-state index in [9.17, 15) is 19.5 Å². The minimum atomic E-state index is -0.772. The molecule has 8 nitrogen and oxygen atoms in total. The first-order valence-corrected chi connectivity index (χ1v) is 11.0. The van der Waals surface area contributed by atoms with E-state index in [1.807, 2.05) is 20.8 Å². The molecule has 2 aliphatic rings. The number of aromatic nitrogens is 3. The predicted molar refractivity (Wildman–Crippen MR) is 118 cm³/mol. The van der Waals surface area contributed by atoms with Crippen molar-refractivity contribution in [2.45, 2.75) is 52.0 Å².